The Labute approximate surface area is 143 Å². The van der Waals surface area contributed by atoms with Gasteiger partial charge in [-0.3, -0.25) is 0 Å². The molecule has 1 aliphatic heterocycles. The van der Waals surface area contributed by atoms with Crippen molar-refractivity contribution < 1.29 is 27.9 Å². The van der Waals surface area contributed by atoms with E-state index < -0.39 is 43.0 Å². The highest BCUT2D eigenvalue weighted by atomic mass is 16.7. The van der Waals surface area contributed by atoms with Crippen LogP contribution in [0.3, 0.4) is 0 Å². The fourth-order valence-electron chi connectivity index (χ4n) is 3.00. The predicted molar refractivity (Wildman–Crippen MR) is 88.2 cm³/mol. The van der Waals surface area contributed by atoms with Gasteiger partial charge in [0, 0.05) is 15.5 Å². The van der Waals surface area contributed by atoms with Crippen LogP contribution >= 0.6 is 0 Å². The molecule has 2 aromatic rings. The lowest BCUT2D eigenvalue weighted by Crippen LogP contribution is -2.62. The van der Waals surface area contributed by atoms with Gasteiger partial charge >= 0.3 is 0 Å². The summed E-state index contributed by atoms with van der Waals surface area (Å²) in [7, 11) is 0. The Balaban J connectivity index is 2.11. The van der Waals surface area contributed by atoms with Crippen LogP contribution in [-0.4, -0.2) is 50.6 Å². The molecular formula is C19H22O5. The molecule has 0 spiro atoms. The first-order chi connectivity index (χ1) is 12.4. The lowest BCUT2D eigenvalue weighted by Gasteiger charge is -2.40. The molecule has 5 nitrogen and oxygen atoms in total. The number of ether oxygens (including phenoxy) is 1. The minimum absolute atomic E-state index is 0.343. The second-order valence-electron chi connectivity index (χ2n) is 5.92. The quantitative estimate of drug-likeness (QED) is 0.645. The van der Waals surface area contributed by atoms with Gasteiger partial charge in [-0.2, -0.15) is 0 Å². The zero-order valence-corrected chi connectivity index (χ0v) is 13.0. The maximum Gasteiger partial charge on any atom is 0.187 e. The van der Waals surface area contributed by atoms with Crippen LogP contribution in [0, 0.1) is 0 Å². The molecule has 128 valence electrons. The van der Waals surface area contributed by atoms with Gasteiger partial charge in [0.1, 0.15) is 11.7 Å². The van der Waals surface area contributed by atoms with Gasteiger partial charge in [-0.05, 0) is 11.1 Å². The number of hydrogen-bond donors (Lipinski definition) is 4. The molecule has 1 saturated heterocycles. The van der Waals surface area contributed by atoms with Crippen molar-refractivity contribution in [1.29, 1.82) is 0 Å². The minimum atomic E-state index is -2.52. The Bertz CT molecular complexity index is 731. The fourth-order valence-corrected chi connectivity index (χ4v) is 3.00. The van der Waals surface area contributed by atoms with Crippen molar-refractivity contribution in [3.8, 4) is 0 Å². The zero-order valence-electron chi connectivity index (χ0n) is 15.0. The van der Waals surface area contributed by atoms with E-state index in [0.29, 0.717) is 11.1 Å². The first kappa shape index (κ1) is 14.6. The maximum absolute atomic E-state index is 11.4. The topological polar surface area (TPSA) is 90.2 Å². The van der Waals surface area contributed by atoms with Gasteiger partial charge in [0.05, 0.1) is 6.61 Å². The fraction of sp³-hybridized carbons (Fsp3) is 0.368. The second-order valence-corrected chi connectivity index (χ2v) is 5.92. The molecule has 1 heterocycles. The molecule has 0 radical (unpaired) electrons. The molecule has 6 atom stereocenters. The summed E-state index contributed by atoms with van der Waals surface area (Å²) in [4.78, 5) is 0. The third-order valence-electron chi connectivity index (χ3n) is 4.34. The molecule has 3 unspecified atom stereocenters. The third kappa shape index (κ3) is 2.85. The summed E-state index contributed by atoms with van der Waals surface area (Å²) >= 11 is 0. The Morgan fingerprint density at radius 2 is 1.33 bits per heavy atom. The van der Waals surface area contributed by atoms with E-state index in [0.717, 1.165) is 0 Å². The highest BCUT2D eigenvalue weighted by Gasteiger charge is 2.65. The van der Waals surface area contributed by atoms with E-state index in [2.05, 4.69) is 0 Å². The van der Waals surface area contributed by atoms with E-state index in [9.17, 15) is 20.4 Å². The minimum Gasteiger partial charge on any atom is -0.394 e. The van der Waals surface area contributed by atoms with Gasteiger partial charge in [0.25, 0.3) is 0 Å². The van der Waals surface area contributed by atoms with E-state index in [1.165, 1.54) is 0 Å². The van der Waals surface area contributed by atoms with Crippen molar-refractivity contribution in [2.45, 2.75) is 36.4 Å². The Kier molecular flexibility index (Phi) is 4.02. The normalized spacial score (nSPS) is 36.7. The number of rotatable bonds is 5. The smallest absolute Gasteiger partial charge is 0.187 e. The summed E-state index contributed by atoms with van der Waals surface area (Å²) in [5, 5.41) is 42.7. The summed E-state index contributed by atoms with van der Waals surface area (Å²) in [6.07, 6.45) is -6.33. The Hall–Kier alpha value is -1.76. The van der Waals surface area contributed by atoms with Gasteiger partial charge in [-0.1, -0.05) is 60.7 Å². The van der Waals surface area contributed by atoms with Crippen LogP contribution in [0.15, 0.2) is 60.7 Å². The van der Waals surface area contributed by atoms with Crippen molar-refractivity contribution in [3.05, 3.63) is 71.8 Å². The molecule has 0 saturated carbocycles. The summed E-state index contributed by atoms with van der Waals surface area (Å²) in [6.45, 7) is -0.723. The average molecular weight is 332 g/mol. The van der Waals surface area contributed by atoms with Gasteiger partial charge in [0.15, 0.2) is 11.9 Å². The average Bonchev–Trinajstić information content (AvgIpc) is 2.90. The molecule has 24 heavy (non-hydrogen) atoms. The lowest BCUT2D eigenvalue weighted by molar-refractivity contribution is -0.192. The SMILES string of the molecule is [2H]C(c1ccccc1)[C@@]1(O)C(O)O[C@H](CO)[C@]1(O)C([2H])c1ccccc1. The molecule has 1 fully saturated rings. The molecule has 4 N–H and O–H groups in total. The second kappa shape index (κ2) is 6.63. The molecule has 1 aliphatic rings. The van der Waals surface area contributed by atoms with Crippen molar-refractivity contribution in [1.82, 2.24) is 0 Å². The van der Waals surface area contributed by atoms with E-state index in [-0.39, 0.29) is 0 Å². The predicted octanol–water partition coefficient (Wildman–Crippen LogP) is 0.643. The summed E-state index contributed by atoms with van der Waals surface area (Å²) in [5.41, 5.74) is -4.23. The van der Waals surface area contributed by atoms with Crippen molar-refractivity contribution in [2.24, 2.45) is 0 Å². The van der Waals surface area contributed by atoms with E-state index >= 15 is 0 Å². The maximum atomic E-state index is 11.4. The van der Waals surface area contributed by atoms with Crippen molar-refractivity contribution in [3.63, 3.8) is 0 Å². The third-order valence-corrected chi connectivity index (χ3v) is 4.34. The van der Waals surface area contributed by atoms with Gasteiger partial charge in [0.2, 0.25) is 0 Å². The first-order valence-corrected chi connectivity index (χ1v) is 7.70. The highest BCUT2D eigenvalue weighted by Crippen LogP contribution is 2.43. The number of hydrogen-bond acceptors (Lipinski definition) is 5. The largest absolute Gasteiger partial charge is 0.394 e. The van der Waals surface area contributed by atoms with Crippen molar-refractivity contribution >= 4 is 0 Å². The number of benzene rings is 2. The van der Waals surface area contributed by atoms with Gasteiger partial charge < -0.3 is 25.2 Å². The van der Waals surface area contributed by atoms with Crippen LogP contribution in [0.2, 0.25) is 0 Å². The summed E-state index contributed by atoms with van der Waals surface area (Å²) < 4.78 is 22.2. The Morgan fingerprint density at radius 1 is 0.875 bits per heavy atom. The van der Waals surface area contributed by atoms with Gasteiger partial charge in [-0.15, -0.1) is 0 Å². The summed E-state index contributed by atoms with van der Waals surface area (Å²) in [6, 6.07) is 16.5. The molecular weight excluding hydrogens is 308 g/mol. The van der Waals surface area contributed by atoms with Crippen molar-refractivity contribution in [2.75, 3.05) is 6.61 Å². The van der Waals surface area contributed by atoms with E-state index in [1.807, 2.05) is 0 Å². The molecule has 5 heteroatoms. The van der Waals surface area contributed by atoms with Crippen LogP contribution in [0.5, 0.6) is 0 Å². The Morgan fingerprint density at radius 3 is 1.79 bits per heavy atom. The molecule has 0 amide bonds. The lowest BCUT2D eigenvalue weighted by atomic mass is 9.73. The summed E-state index contributed by atoms with van der Waals surface area (Å²) in [5.74, 6) is 0. The first-order valence-electron chi connectivity index (χ1n) is 8.86. The highest BCUT2D eigenvalue weighted by molar-refractivity contribution is 5.26. The molecule has 3 rings (SSSR count). The number of aliphatic hydroxyl groups is 4. The van der Waals surface area contributed by atoms with Crippen LogP contribution in [-0.2, 0) is 17.5 Å². The molecule has 0 aromatic heterocycles. The standard InChI is InChI=1S/C19H22O5/c20-13-16-18(22,11-14-7-3-1-4-8-14)19(23,17(21)24-16)12-15-9-5-2-6-10-15/h1-10,16-17,20-23H,11-13H2/t16-,17?,18-,19-/m1/s1/i11D,12D/t11?,12?,16-,17?,18-,19-. The molecule has 2 aromatic carbocycles. The van der Waals surface area contributed by atoms with Crippen LogP contribution in [0.25, 0.3) is 0 Å². The van der Waals surface area contributed by atoms with Crippen LogP contribution in [0.4, 0.5) is 0 Å². The van der Waals surface area contributed by atoms with E-state index in [1.54, 1.807) is 60.7 Å². The number of aliphatic hydroxyl groups excluding tert-OH is 2. The molecule has 0 bridgehead atoms. The van der Waals surface area contributed by atoms with Crippen LogP contribution < -0.4 is 0 Å². The van der Waals surface area contributed by atoms with Crippen LogP contribution in [0.1, 0.15) is 13.9 Å². The van der Waals surface area contributed by atoms with E-state index in [4.69, 9.17) is 7.48 Å². The molecule has 0 aliphatic carbocycles. The van der Waals surface area contributed by atoms with Gasteiger partial charge in [-0.25, -0.2) is 0 Å². The zero-order chi connectivity index (χ0) is 18.9. The monoisotopic (exact) mass is 332 g/mol.